The lowest BCUT2D eigenvalue weighted by molar-refractivity contribution is -0.116. The van der Waals surface area contributed by atoms with E-state index in [0.29, 0.717) is 37.1 Å². The van der Waals surface area contributed by atoms with E-state index in [1.807, 2.05) is 32.0 Å². The van der Waals surface area contributed by atoms with E-state index in [4.69, 9.17) is 11.6 Å². The number of hydrogen-bond donors (Lipinski definition) is 2. The van der Waals surface area contributed by atoms with Gasteiger partial charge in [0.1, 0.15) is 11.4 Å². The fraction of sp³-hybridized carbons (Fsp3) is 0.167. The molecule has 2 amide bonds. The lowest BCUT2D eigenvalue weighted by atomic mass is 10.1. The normalized spacial score (nSPS) is 10.9. The first-order valence-electron chi connectivity index (χ1n) is 10.2. The quantitative estimate of drug-likeness (QED) is 0.423. The van der Waals surface area contributed by atoms with Crippen molar-refractivity contribution in [3.8, 4) is 0 Å². The lowest BCUT2D eigenvalue weighted by Crippen LogP contribution is -2.28. The van der Waals surface area contributed by atoms with Crippen LogP contribution in [0.4, 0.5) is 11.4 Å². The molecule has 0 aliphatic heterocycles. The number of nitrogens with zero attached hydrogens (tertiary/aromatic N) is 2. The minimum atomic E-state index is -0.410. The van der Waals surface area contributed by atoms with Crippen LogP contribution in [0.3, 0.4) is 0 Å². The van der Waals surface area contributed by atoms with Gasteiger partial charge in [0.2, 0.25) is 5.91 Å². The van der Waals surface area contributed by atoms with Gasteiger partial charge in [-0.05, 0) is 50.1 Å². The predicted octanol–water partition coefficient (Wildman–Crippen LogP) is 4.93. The summed E-state index contributed by atoms with van der Waals surface area (Å²) in [4.78, 5) is 43.7. The van der Waals surface area contributed by atoms with Crippen LogP contribution in [0.25, 0.3) is 10.2 Å². The average molecular weight is 481 g/mol. The van der Waals surface area contributed by atoms with E-state index in [-0.39, 0.29) is 18.0 Å². The van der Waals surface area contributed by atoms with Crippen molar-refractivity contribution in [3.05, 3.63) is 85.7 Å². The third-order valence-corrected chi connectivity index (χ3v) is 6.74. The van der Waals surface area contributed by atoms with Crippen LogP contribution in [0.2, 0.25) is 5.02 Å². The molecule has 0 unspecified atom stereocenters. The van der Waals surface area contributed by atoms with E-state index < -0.39 is 5.91 Å². The minimum Gasteiger partial charge on any atom is -0.323 e. The Hall–Kier alpha value is -3.49. The third-order valence-electron chi connectivity index (χ3n) is 5.22. The van der Waals surface area contributed by atoms with Gasteiger partial charge < -0.3 is 10.6 Å². The van der Waals surface area contributed by atoms with Crippen LogP contribution in [0.5, 0.6) is 0 Å². The van der Waals surface area contributed by atoms with Gasteiger partial charge >= 0.3 is 0 Å². The van der Waals surface area contributed by atoms with E-state index in [1.165, 1.54) is 10.9 Å². The third kappa shape index (κ3) is 4.67. The summed E-state index contributed by atoms with van der Waals surface area (Å²) < 4.78 is 1.22. The van der Waals surface area contributed by atoms with Crippen LogP contribution < -0.4 is 16.2 Å². The van der Waals surface area contributed by atoms with E-state index >= 15 is 0 Å². The van der Waals surface area contributed by atoms with Gasteiger partial charge in [0, 0.05) is 5.69 Å². The smallest absolute Gasteiger partial charge is 0.266 e. The fourth-order valence-corrected chi connectivity index (χ4v) is 4.75. The molecule has 0 saturated carbocycles. The largest absolute Gasteiger partial charge is 0.323 e. The monoisotopic (exact) mass is 480 g/mol. The first-order chi connectivity index (χ1) is 15.7. The molecule has 2 heterocycles. The molecule has 33 heavy (non-hydrogen) atoms. The van der Waals surface area contributed by atoms with Crippen LogP contribution in [0.15, 0.2) is 53.6 Å². The summed E-state index contributed by atoms with van der Waals surface area (Å²) in [5.74, 6) is -0.711. The Bertz CT molecular complexity index is 1460. The zero-order valence-corrected chi connectivity index (χ0v) is 19.8. The molecule has 9 heteroatoms. The van der Waals surface area contributed by atoms with Crippen LogP contribution in [0, 0.1) is 20.8 Å². The number of anilines is 2. The maximum absolute atomic E-state index is 13.1. The Morgan fingerprint density at radius 1 is 1.06 bits per heavy atom. The zero-order chi connectivity index (χ0) is 23.7. The standard InChI is InChI=1S/C24H21ClN4O3S/c1-13-8-9-17(14(2)10-13)28-22(31)21-15(3)20-23(33-21)26-12-29(24(20)32)11-19(30)27-18-7-5-4-6-16(18)25/h4-10,12H,11H2,1-3H3,(H,27,30)(H,28,31). The Morgan fingerprint density at radius 3 is 2.55 bits per heavy atom. The molecule has 0 aliphatic carbocycles. The van der Waals surface area contributed by atoms with Crippen molar-refractivity contribution in [1.82, 2.24) is 9.55 Å². The molecule has 0 fully saturated rings. The number of aromatic nitrogens is 2. The first-order valence-corrected chi connectivity index (χ1v) is 11.4. The molecule has 2 aromatic heterocycles. The maximum Gasteiger partial charge on any atom is 0.266 e. The number of carbonyl (C=O) groups is 2. The maximum atomic E-state index is 13.1. The van der Waals surface area contributed by atoms with Crippen LogP contribution >= 0.6 is 22.9 Å². The van der Waals surface area contributed by atoms with Gasteiger partial charge in [-0.15, -0.1) is 11.3 Å². The minimum absolute atomic E-state index is 0.230. The summed E-state index contributed by atoms with van der Waals surface area (Å²) in [6.45, 7) is 5.40. The van der Waals surface area contributed by atoms with Gasteiger partial charge in [-0.1, -0.05) is 41.4 Å². The van der Waals surface area contributed by atoms with Gasteiger partial charge in [-0.25, -0.2) is 4.98 Å². The van der Waals surface area contributed by atoms with Crippen molar-refractivity contribution in [2.24, 2.45) is 0 Å². The van der Waals surface area contributed by atoms with Gasteiger partial charge in [-0.2, -0.15) is 0 Å². The predicted molar refractivity (Wildman–Crippen MR) is 133 cm³/mol. The number of fused-ring (bicyclic) bond motifs is 1. The zero-order valence-electron chi connectivity index (χ0n) is 18.2. The molecule has 7 nitrogen and oxygen atoms in total. The van der Waals surface area contributed by atoms with Gasteiger partial charge in [0.15, 0.2) is 0 Å². The molecule has 2 N–H and O–H groups in total. The molecule has 0 bridgehead atoms. The van der Waals surface area contributed by atoms with Crippen molar-refractivity contribution in [3.63, 3.8) is 0 Å². The van der Waals surface area contributed by atoms with E-state index in [0.717, 1.165) is 22.5 Å². The van der Waals surface area contributed by atoms with Crippen LogP contribution in [0.1, 0.15) is 26.4 Å². The molecule has 2 aromatic carbocycles. The van der Waals surface area contributed by atoms with Gasteiger partial charge in [0.05, 0.1) is 27.3 Å². The molecule has 0 spiro atoms. The number of nitrogens with one attached hydrogen (secondary N) is 2. The molecule has 168 valence electrons. The second-order valence-electron chi connectivity index (χ2n) is 7.71. The van der Waals surface area contributed by atoms with Crippen molar-refractivity contribution in [2.45, 2.75) is 27.3 Å². The average Bonchev–Trinajstić information content (AvgIpc) is 3.11. The molecule has 4 aromatic rings. The number of aryl methyl sites for hydroxylation is 3. The van der Waals surface area contributed by atoms with E-state index in [9.17, 15) is 14.4 Å². The van der Waals surface area contributed by atoms with Crippen molar-refractivity contribution in [2.75, 3.05) is 10.6 Å². The van der Waals surface area contributed by atoms with Crippen LogP contribution in [-0.2, 0) is 11.3 Å². The highest BCUT2D eigenvalue weighted by Crippen LogP contribution is 2.28. The lowest BCUT2D eigenvalue weighted by Gasteiger charge is -2.09. The number of carbonyl (C=O) groups excluding carboxylic acids is 2. The highest BCUT2D eigenvalue weighted by atomic mass is 35.5. The summed E-state index contributed by atoms with van der Waals surface area (Å²) in [5, 5.41) is 6.34. The molecule has 0 atom stereocenters. The number of para-hydroxylation sites is 1. The van der Waals surface area contributed by atoms with Crippen molar-refractivity contribution in [1.29, 1.82) is 0 Å². The Kier molecular flexibility index (Phi) is 6.31. The topological polar surface area (TPSA) is 93.1 Å². The highest BCUT2D eigenvalue weighted by molar-refractivity contribution is 7.20. The highest BCUT2D eigenvalue weighted by Gasteiger charge is 2.20. The summed E-state index contributed by atoms with van der Waals surface area (Å²) in [6, 6.07) is 12.6. The number of amides is 2. The molecule has 0 saturated heterocycles. The van der Waals surface area contributed by atoms with Gasteiger partial charge in [0.25, 0.3) is 11.5 Å². The molecule has 0 aliphatic rings. The van der Waals surface area contributed by atoms with Gasteiger partial charge in [-0.3, -0.25) is 19.0 Å². The number of hydrogen-bond acceptors (Lipinski definition) is 5. The molecule has 4 rings (SSSR count). The van der Waals surface area contributed by atoms with E-state index in [1.54, 1.807) is 31.2 Å². The fourth-order valence-electron chi connectivity index (χ4n) is 3.53. The summed E-state index contributed by atoms with van der Waals surface area (Å²) in [5.41, 5.74) is 3.38. The van der Waals surface area contributed by atoms with Crippen molar-refractivity contribution >= 4 is 56.3 Å². The number of benzene rings is 2. The Morgan fingerprint density at radius 2 is 1.82 bits per heavy atom. The van der Waals surface area contributed by atoms with E-state index in [2.05, 4.69) is 15.6 Å². The SMILES string of the molecule is Cc1ccc(NC(=O)c2sc3ncn(CC(=O)Nc4ccccc4Cl)c(=O)c3c2C)c(C)c1. The summed E-state index contributed by atoms with van der Waals surface area (Å²) in [6.07, 6.45) is 1.32. The summed E-state index contributed by atoms with van der Waals surface area (Å²) >= 11 is 7.23. The number of rotatable bonds is 5. The van der Waals surface area contributed by atoms with Crippen molar-refractivity contribution < 1.29 is 9.59 Å². The molecular formula is C24H21ClN4O3S. The molecular weight excluding hydrogens is 460 g/mol. The Balaban J connectivity index is 1.60. The summed E-state index contributed by atoms with van der Waals surface area (Å²) in [7, 11) is 0. The molecule has 0 radical (unpaired) electrons. The van der Waals surface area contributed by atoms with Crippen LogP contribution in [-0.4, -0.2) is 21.4 Å². The Labute approximate surface area is 199 Å². The first kappa shape index (κ1) is 22.7. The second-order valence-corrected chi connectivity index (χ2v) is 9.12. The second kappa shape index (κ2) is 9.17. The number of thiophene rings is 1. The number of halogens is 1.